The number of hydrogen-bond donors (Lipinski definition) is 0. The number of amides is 1. The second-order valence-electron chi connectivity index (χ2n) is 2.49. The van der Waals surface area contributed by atoms with E-state index in [1.807, 2.05) is 13.8 Å². The standard InChI is InChI=1S/C9H16NO.U/c1-5-7-10(6-2)9(11)8(3)4;/h3-7H2,1-2H3;/q-1;. The summed E-state index contributed by atoms with van der Waals surface area (Å²) in [6, 6.07) is 0. The molecule has 0 spiro atoms. The van der Waals surface area contributed by atoms with E-state index >= 15 is 0 Å². The van der Waals surface area contributed by atoms with E-state index in [-0.39, 0.29) is 37.0 Å². The Labute approximate surface area is 98.8 Å². The first-order valence-electron chi connectivity index (χ1n) is 3.93. The van der Waals surface area contributed by atoms with E-state index < -0.39 is 0 Å². The molecule has 0 N–H and O–H groups in total. The van der Waals surface area contributed by atoms with Crippen LogP contribution in [0.15, 0.2) is 12.2 Å². The summed E-state index contributed by atoms with van der Waals surface area (Å²) in [6.45, 7) is 12.5. The number of carbonyl (C=O) groups is 1. The number of likely N-dealkylation sites (N-methyl/N-ethyl adjacent to an activating group) is 1. The van der Waals surface area contributed by atoms with Crippen molar-refractivity contribution in [1.29, 1.82) is 0 Å². The van der Waals surface area contributed by atoms with Crippen LogP contribution in [0, 0.1) is 38.0 Å². The molecule has 0 rings (SSSR count). The van der Waals surface area contributed by atoms with Crippen LogP contribution in [-0.2, 0) is 4.79 Å². The summed E-state index contributed by atoms with van der Waals surface area (Å²) in [6.07, 6.45) is 0.979. The molecule has 3 heteroatoms. The van der Waals surface area contributed by atoms with Crippen molar-refractivity contribution in [3.63, 3.8) is 0 Å². The first-order valence-corrected chi connectivity index (χ1v) is 3.93. The smallest absolute Gasteiger partial charge is 0.137 e. The van der Waals surface area contributed by atoms with Gasteiger partial charge in [-0.3, -0.25) is 0 Å². The normalized spacial score (nSPS) is 8.50. The third kappa shape index (κ3) is 4.90. The van der Waals surface area contributed by atoms with E-state index in [4.69, 9.17) is 0 Å². The van der Waals surface area contributed by atoms with Crippen LogP contribution < -0.4 is 0 Å². The number of nitrogens with zero attached hydrogens (tertiary/aromatic N) is 1. The first-order chi connectivity index (χ1) is 5.13. The molecule has 0 aromatic rings. The van der Waals surface area contributed by atoms with Gasteiger partial charge in [0.15, 0.2) is 0 Å². The third-order valence-corrected chi connectivity index (χ3v) is 1.46. The summed E-state index contributed by atoms with van der Waals surface area (Å²) in [7, 11) is 0. The van der Waals surface area contributed by atoms with Gasteiger partial charge in [-0.15, -0.1) is 5.57 Å². The molecule has 0 bridgehead atoms. The fraction of sp³-hybridized carbons (Fsp3) is 0.556. The quantitative estimate of drug-likeness (QED) is 0.526. The summed E-state index contributed by atoms with van der Waals surface area (Å²) in [5.41, 5.74) is 0.375. The van der Waals surface area contributed by atoms with Gasteiger partial charge in [-0.1, -0.05) is 6.92 Å². The number of rotatable bonds is 4. The zero-order valence-electron chi connectivity index (χ0n) is 7.89. The predicted molar refractivity (Wildman–Crippen MR) is 47.0 cm³/mol. The topological polar surface area (TPSA) is 20.3 Å². The molecule has 2 nitrogen and oxygen atoms in total. The van der Waals surface area contributed by atoms with E-state index in [2.05, 4.69) is 13.5 Å². The minimum Gasteiger partial charge on any atom is -0.392 e. The van der Waals surface area contributed by atoms with Crippen molar-refractivity contribution in [3.05, 3.63) is 19.1 Å². The molecule has 0 aromatic heterocycles. The van der Waals surface area contributed by atoms with Gasteiger partial charge in [0.25, 0.3) is 0 Å². The van der Waals surface area contributed by atoms with Gasteiger partial charge in [-0.2, -0.15) is 13.5 Å². The van der Waals surface area contributed by atoms with Gasteiger partial charge in [0.1, 0.15) is 5.91 Å². The maximum absolute atomic E-state index is 11.2. The van der Waals surface area contributed by atoms with E-state index in [9.17, 15) is 4.79 Å². The van der Waals surface area contributed by atoms with Crippen molar-refractivity contribution < 1.29 is 35.9 Å². The fourth-order valence-corrected chi connectivity index (χ4v) is 0.897. The zero-order chi connectivity index (χ0) is 8.85. The molecule has 0 aliphatic rings. The zero-order valence-corrected chi connectivity index (χ0v) is 12.1. The van der Waals surface area contributed by atoms with Gasteiger partial charge >= 0.3 is 0 Å². The minimum absolute atomic E-state index is 0. The molecule has 0 aliphatic heterocycles. The molecule has 0 atom stereocenters. The van der Waals surface area contributed by atoms with Crippen LogP contribution in [0.5, 0.6) is 0 Å². The van der Waals surface area contributed by atoms with Gasteiger partial charge in [0.05, 0.1) is 0 Å². The molecule has 0 fully saturated rings. The van der Waals surface area contributed by atoms with Gasteiger partial charge < -0.3 is 9.69 Å². The summed E-state index contributed by atoms with van der Waals surface area (Å²) >= 11 is 0. The summed E-state index contributed by atoms with van der Waals surface area (Å²) in [5, 5.41) is 0. The monoisotopic (exact) mass is 392 g/mol. The first kappa shape index (κ1) is 14.6. The Morgan fingerprint density at radius 1 is 1.50 bits per heavy atom. The molecule has 0 saturated carbocycles. The maximum atomic E-state index is 11.2. The van der Waals surface area contributed by atoms with Crippen molar-refractivity contribution in [3.8, 4) is 0 Å². The molecule has 1 amide bonds. The van der Waals surface area contributed by atoms with Gasteiger partial charge in [0.2, 0.25) is 0 Å². The van der Waals surface area contributed by atoms with Crippen LogP contribution in [0.1, 0.15) is 20.3 Å². The largest absolute Gasteiger partial charge is 0.392 e. The molecule has 0 saturated heterocycles. The molecule has 12 heavy (non-hydrogen) atoms. The Morgan fingerprint density at radius 3 is 2.25 bits per heavy atom. The molecule has 68 valence electrons. The Morgan fingerprint density at radius 2 is 2.00 bits per heavy atom. The van der Waals surface area contributed by atoms with E-state index in [1.54, 1.807) is 4.90 Å². The average molecular weight is 392 g/mol. The molecular weight excluding hydrogens is 376 g/mol. The molecule has 0 heterocycles. The Hall–Kier alpha value is 0.132. The summed E-state index contributed by atoms with van der Waals surface area (Å²) in [4.78, 5) is 13.0. The Bertz CT molecular complexity index is 157. The van der Waals surface area contributed by atoms with E-state index in [1.165, 1.54) is 0 Å². The SMILES string of the molecule is C=C([CH2-])C(=O)N(CC)CCC.[U]. The van der Waals surface area contributed by atoms with Crippen molar-refractivity contribution in [2.24, 2.45) is 0 Å². The molecule has 0 radical (unpaired) electrons. The number of hydrogen-bond acceptors (Lipinski definition) is 1. The van der Waals surface area contributed by atoms with Gasteiger partial charge in [-0.05, 0) is 13.3 Å². The fourth-order valence-electron chi connectivity index (χ4n) is 0.897. The predicted octanol–water partition coefficient (Wildman–Crippen LogP) is 1.64. The minimum atomic E-state index is -0.0330. The van der Waals surface area contributed by atoms with Crippen molar-refractivity contribution in [2.45, 2.75) is 20.3 Å². The van der Waals surface area contributed by atoms with Gasteiger partial charge in [0, 0.05) is 44.2 Å². The summed E-state index contributed by atoms with van der Waals surface area (Å²) in [5.74, 6) is -0.0330. The van der Waals surface area contributed by atoms with Crippen molar-refractivity contribution in [1.82, 2.24) is 4.90 Å². The van der Waals surface area contributed by atoms with Crippen LogP contribution in [0.3, 0.4) is 0 Å². The third-order valence-electron chi connectivity index (χ3n) is 1.46. The van der Waals surface area contributed by atoms with Crippen molar-refractivity contribution in [2.75, 3.05) is 13.1 Å². The van der Waals surface area contributed by atoms with Crippen LogP contribution in [0.2, 0.25) is 0 Å². The van der Waals surface area contributed by atoms with E-state index in [0.717, 1.165) is 19.5 Å². The molecule has 0 aromatic carbocycles. The average Bonchev–Trinajstić information content (AvgIpc) is 1.98. The Balaban J connectivity index is 0. The van der Waals surface area contributed by atoms with Gasteiger partial charge in [-0.25, -0.2) is 0 Å². The molecule has 0 aliphatic carbocycles. The molecule has 0 unspecified atom stereocenters. The number of carbonyl (C=O) groups excluding carboxylic acids is 1. The Kier molecular flexibility index (Phi) is 9.48. The van der Waals surface area contributed by atoms with E-state index in [0.29, 0.717) is 5.57 Å². The van der Waals surface area contributed by atoms with Crippen LogP contribution in [0.25, 0.3) is 0 Å². The maximum Gasteiger partial charge on any atom is 0.137 e. The van der Waals surface area contributed by atoms with Crippen LogP contribution in [0.4, 0.5) is 0 Å². The van der Waals surface area contributed by atoms with Crippen LogP contribution >= 0.6 is 0 Å². The second-order valence-corrected chi connectivity index (χ2v) is 2.49. The molecular formula is C9H16NOU-. The van der Waals surface area contributed by atoms with Crippen LogP contribution in [-0.4, -0.2) is 23.9 Å². The summed E-state index contributed by atoms with van der Waals surface area (Å²) < 4.78 is 0. The second kappa shape index (κ2) is 7.76. The van der Waals surface area contributed by atoms with Crippen molar-refractivity contribution >= 4 is 5.91 Å².